The van der Waals surface area contributed by atoms with Gasteiger partial charge in [0.1, 0.15) is 11.8 Å². The molecule has 1 saturated heterocycles. The summed E-state index contributed by atoms with van der Waals surface area (Å²) < 4.78 is 12.4. The number of esters is 1. The van der Waals surface area contributed by atoms with Crippen LogP contribution in [0.15, 0.2) is 91.3 Å². The highest BCUT2D eigenvalue weighted by Gasteiger charge is 2.42. The molecule has 35 heavy (non-hydrogen) atoms. The molecule has 8 heteroatoms. The van der Waals surface area contributed by atoms with Gasteiger partial charge in [-0.15, -0.1) is 0 Å². The van der Waals surface area contributed by atoms with Gasteiger partial charge < -0.3 is 24.3 Å². The minimum absolute atomic E-state index is 0.218. The van der Waals surface area contributed by atoms with Crippen LogP contribution in [0, 0.1) is 0 Å². The second-order valence-electron chi connectivity index (χ2n) is 8.01. The molecule has 2 unspecified atom stereocenters. The van der Waals surface area contributed by atoms with E-state index in [0.717, 1.165) is 28.5 Å². The predicted octanol–water partition coefficient (Wildman–Crippen LogP) is 4.84. The molecule has 4 aromatic rings. The highest BCUT2D eigenvalue weighted by Crippen LogP contribution is 2.42. The van der Waals surface area contributed by atoms with Crippen molar-refractivity contribution in [1.82, 2.24) is 14.9 Å². The van der Waals surface area contributed by atoms with Gasteiger partial charge >= 0.3 is 5.97 Å². The van der Waals surface area contributed by atoms with Crippen molar-refractivity contribution in [2.75, 3.05) is 19.1 Å². The van der Waals surface area contributed by atoms with Gasteiger partial charge in [-0.1, -0.05) is 18.2 Å². The summed E-state index contributed by atoms with van der Waals surface area (Å²) in [6.07, 6.45) is 3.72. The van der Waals surface area contributed by atoms with Crippen LogP contribution in [0.25, 0.3) is 5.69 Å². The molecule has 7 nitrogen and oxygen atoms in total. The number of nitrogens with zero attached hydrogens (tertiary/aromatic N) is 3. The second-order valence-corrected chi connectivity index (χ2v) is 8.39. The van der Waals surface area contributed by atoms with Crippen molar-refractivity contribution in [2.45, 2.75) is 12.1 Å². The molecule has 2 aromatic carbocycles. The van der Waals surface area contributed by atoms with E-state index < -0.39 is 5.97 Å². The lowest BCUT2D eigenvalue weighted by atomic mass is 10.0. The van der Waals surface area contributed by atoms with Gasteiger partial charge in [0.2, 0.25) is 0 Å². The number of rotatable bonds is 6. The maximum atomic E-state index is 12.5. The van der Waals surface area contributed by atoms with Crippen LogP contribution in [-0.2, 0) is 4.74 Å². The van der Waals surface area contributed by atoms with E-state index in [0.29, 0.717) is 10.7 Å². The average Bonchev–Trinajstić information content (AvgIpc) is 3.53. The predicted molar refractivity (Wildman–Crippen MR) is 138 cm³/mol. The number of carbonyl (C=O) groups excluding carboxylic acids is 1. The number of hydrogen-bond acceptors (Lipinski definition) is 5. The van der Waals surface area contributed by atoms with Crippen LogP contribution in [0.5, 0.6) is 5.75 Å². The van der Waals surface area contributed by atoms with Crippen LogP contribution in [0.4, 0.5) is 5.69 Å². The number of ether oxygens (including phenoxy) is 2. The summed E-state index contributed by atoms with van der Waals surface area (Å²) in [6.45, 7) is 0. The number of anilines is 1. The van der Waals surface area contributed by atoms with Crippen molar-refractivity contribution in [3.05, 3.63) is 108 Å². The Morgan fingerprint density at radius 3 is 2.46 bits per heavy atom. The summed E-state index contributed by atoms with van der Waals surface area (Å²) in [5.74, 6) is 0.369. The molecule has 1 aliphatic heterocycles. The minimum atomic E-state index is -0.395. The van der Waals surface area contributed by atoms with Crippen LogP contribution in [0.1, 0.15) is 33.8 Å². The third-order valence-electron chi connectivity index (χ3n) is 6.10. The van der Waals surface area contributed by atoms with Crippen molar-refractivity contribution in [3.8, 4) is 11.4 Å². The number of methoxy groups -OCH3 is 2. The quantitative estimate of drug-likeness (QED) is 0.310. The molecule has 1 fully saturated rings. The molecular weight excluding hydrogens is 460 g/mol. The Balaban J connectivity index is 1.67. The summed E-state index contributed by atoms with van der Waals surface area (Å²) in [6, 6.07) is 24.6. The molecular formula is C27H24N4O3S. The fourth-order valence-corrected chi connectivity index (χ4v) is 4.84. The number of para-hydroxylation sites is 1. The highest BCUT2D eigenvalue weighted by atomic mass is 32.1. The molecule has 5 rings (SSSR count). The first-order chi connectivity index (χ1) is 17.1. The van der Waals surface area contributed by atoms with Crippen molar-refractivity contribution in [1.29, 1.82) is 0 Å². The van der Waals surface area contributed by atoms with Gasteiger partial charge in [-0.05, 0) is 72.9 Å². The van der Waals surface area contributed by atoms with Gasteiger partial charge in [-0.3, -0.25) is 4.98 Å². The van der Waals surface area contributed by atoms with Gasteiger partial charge in [-0.25, -0.2) is 4.79 Å². The van der Waals surface area contributed by atoms with Gasteiger partial charge in [0.15, 0.2) is 5.11 Å². The van der Waals surface area contributed by atoms with E-state index in [9.17, 15) is 4.79 Å². The molecule has 0 bridgehead atoms. The molecule has 1 aliphatic rings. The zero-order valence-electron chi connectivity index (χ0n) is 19.3. The first kappa shape index (κ1) is 22.6. The standard InChI is InChI=1S/C27H24N4O3S/c1-33-19-14-12-18(13-15-19)31-25(24(29-27(31)35)21-9-5-6-16-28-21)23-11-7-17-30(23)22-10-4-3-8-20(22)26(32)34-2/h3-17,24-25H,1-2H3,(H,29,35). The Labute approximate surface area is 208 Å². The zero-order chi connectivity index (χ0) is 24.4. The van der Waals surface area contributed by atoms with E-state index in [1.807, 2.05) is 83.6 Å². The smallest absolute Gasteiger partial charge is 0.339 e. The van der Waals surface area contributed by atoms with Crippen LogP contribution < -0.4 is 15.0 Å². The molecule has 176 valence electrons. The maximum absolute atomic E-state index is 12.5. The van der Waals surface area contributed by atoms with Crippen molar-refractivity contribution >= 4 is 29.0 Å². The average molecular weight is 485 g/mol. The number of thiocarbonyl (C=S) groups is 1. The fraction of sp³-hybridized carbons (Fsp3) is 0.148. The summed E-state index contributed by atoms with van der Waals surface area (Å²) in [4.78, 5) is 19.2. The number of benzene rings is 2. The van der Waals surface area contributed by atoms with Crippen LogP contribution in [-0.4, -0.2) is 34.9 Å². The van der Waals surface area contributed by atoms with E-state index in [1.54, 1.807) is 19.4 Å². The topological polar surface area (TPSA) is 68.6 Å². The fourth-order valence-electron chi connectivity index (χ4n) is 4.50. The Hall–Kier alpha value is -4.17. The Bertz CT molecular complexity index is 1350. The van der Waals surface area contributed by atoms with Crippen LogP contribution in [0.3, 0.4) is 0 Å². The number of nitrogens with one attached hydrogen (secondary N) is 1. The lowest BCUT2D eigenvalue weighted by Gasteiger charge is -2.29. The Kier molecular flexibility index (Phi) is 6.20. The number of aromatic nitrogens is 2. The van der Waals surface area contributed by atoms with Gasteiger partial charge in [0.25, 0.3) is 0 Å². The summed E-state index contributed by atoms with van der Waals surface area (Å²) in [5, 5.41) is 4.06. The molecule has 3 heterocycles. The van der Waals surface area contributed by atoms with Crippen molar-refractivity contribution in [2.24, 2.45) is 0 Å². The number of carbonyl (C=O) groups is 1. The van der Waals surface area contributed by atoms with E-state index in [-0.39, 0.29) is 12.1 Å². The number of hydrogen-bond donors (Lipinski definition) is 1. The second kappa shape index (κ2) is 9.60. The lowest BCUT2D eigenvalue weighted by molar-refractivity contribution is 0.0600. The zero-order valence-corrected chi connectivity index (χ0v) is 20.1. The molecule has 0 amide bonds. The van der Waals surface area contributed by atoms with E-state index in [2.05, 4.69) is 15.2 Å². The minimum Gasteiger partial charge on any atom is -0.497 e. The summed E-state index contributed by atoms with van der Waals surface area (Å²) in [7, 11) is 3.03. The van der Waals surface area contributed by atoms with Gasteiger partial charge in [0, 0.05) is 23.8 Å². The van der Waals surface area contributed by atoms with Gasteiger partial charge in [-0.2, -0.15) is 0 Å². The largest absolute Gasteiger partial charge is 0.497 e. The maximum Gasteiger partial charge on any atom is 0.339 e. The molecule has 0 radical (unpaired) electrons. The first-order valence-electron chi connectivity index (χ1n) is 11.1. The normalized spacial score (nSPS) is 17.2. The third-order valence-corrected chi connectivity index (χ3v) is 6.42. The Morgan fingerprint density at radius 2 is 1.74 bits per heavy atom. The van der Waals surface area contributed by atoms with Crippen LogP contribution in [0.2, 0.25) is 0 Å². The Morgan fingerprint density at radius 1 is 0.971 bits per heavy atom. The van der Waals surface area contributed by atoms with E-state index >= 15 is 0 Å². The SMILES string of the molecule is COC(=O)c1ccccc1-n1cccc1C1C(c2ccccn2)NC(=S)N1c1ccc(OC)cc1. The summed E-state index contributed by atoms with van der Waals surface area (Å²) in [5.41, 5.74) is 3.93. The highest BCUT2D eigenvalue weighted by molar-refractivity contribution is 7.80. The first-order valence-corrected chi connectivity index (χ1v) is 11.5. The third kappa shape index (κ3) is 4.13. The number of pyridine rings is 1. The van der Waals surface area contributed by atoms with E-state index in [4.69, 9.17) is 21.7 Å². The molecule has 2 atom stereocenters. The monoisotopic (exact) mass is 484 g/mol. The summed E-state index contributed by atoms with van der Waals surface area (Å²) >= 11 is 5.83. The van der Waals surface area contributed by atoms with E-state index in [1.165, 1.54) is 7.11 Å². The molecule has 1 N–H and O–H groups in total. The molecule has 2 aromatic heterocycles. The molecule has 0 aliphatic carbocycles. The van der Waals surface area contributed by atoms with Gasteiger partial charge in [0.05, 0.1) is 37.2 Å². The lowest BCUT2D eigenvalue weighted by Crippen LogP contribution is -2.30. The van der Waals surface area contributed by atoms with Crippen molar-refractivity contribution < 1.29 is 14.3 Å². The molecule has 0 spiro atoms. The van der Waals surface area contributed by atoms with Crippen molar-refractivity contribution in [3.63, 3.8) is 0 Å². The van der Waals surface area contributed by atoms with Crippen LogP contribution >= 0.6 is 12.2 Å². The molecule has 0 saturated carbocycles.